The molecule has 0 amide bonds. The van der Waals surface area contributed by atoms with Crippen molar-refractivity contribution in [3.05, 3.63) is 84.2 Å². The van der Waals surface area contributed by atoms with Gasteiger partial charge in [0.25, 0.3) is 0 Å². The van der Waals surface area contributed by atoms with E-state index in [2.05, 4.69) is 76.7 Å². The largest absolute Gasteiger partial charge is 0.353 e. The highest BCUT2D eigenvalue weighted by Crippen LogP contribution is 2.26. The molecule has 0 fully saturated rings. The number of H-pyrrole nitrogens is 1. The highest BCUT2D eigenvalue weighted by atomic mass is 14.8. The number of rotatable bonds is 3. The second-order valence-electron chi connectivity index (χ2n) is 5.37. The monoisotopic (exact) mass is 284 g/mol. The van der Waals surface area contributed by atoms with Gasteiger partial charge in [-0.2, -0.15) is 0 Å². The number of nitrogens with zero attached hydrogens (tertiary/aromatic N) is 1. The Labute approximate surface area is 129 Å². The van der Waals surface area contributed by atoms with Crippen LogP contribution in [0.1, 0.15) is 11.3 Å². The van der Waals surface area contributed by atoms with E-state index in [1.54, 1.807) is 0 Å². The molecule has 2 heteroatoms. The third-order valence-corrected chi connectivity index (χ3v) is 3.93. The lowest BCUT2D eigenvalue weighted by Gasteiger charge is -1.98. The van der Waals surface area contributed by atoms with Crippen molar-refractivity contribution < 1.29 is 0 Å². The van der Waals surface area contributed by atoms with Crippen molar-refractivity contribution in [2.45, 2.75) is 6.42 Å². The second kappa shape index (κ2) is 5.49. The van der Waals surface area contributed by atoms with E-state index in [-0.39, 0.29) is 0 Å². The summed E-state index contributed by atoms with van der Waals surface area (Å²) in [6, 6.07) is 20.8. The van der Waals surface area contributed by atoms with Crippen LogP contribution in [-0.4, -0.2) is 9.97 Å². The minimum atomic E-state index is 0.819. The first-order chi connectivity index (χ1) is 10.9. The van der Waals surface area contributed by atoms with Crippen LogP contribution in [0.4, 0.5) is 0 Å². The summed E-state index contributed by atoms with van der Waals surface area (Å²) in [5, 5.41) is 2.50. The van der Waals surface area contributed by atoms with Crippen LogP contribution in [0.2, 0.25) is 0 Å². The van der Waals surface area contributed by atoms with Crippen LogP contribution in [0.15, 0.2) is 72.9 Å². The molecule has 0 saturated carbocycles. The topological polar surface area (TPSA) is 28.7 Å². The Morgan fingerprint density at radius 1 is 0.864 bits per heavy atom. The van der Waals surface area contributed by atoms with Crippen molar-refractivity contribution in [1.29, 1.82) is 0 Å². The third-order valence-electron chi connectivity index (χ3n) is 3.93. The van der Waals surface area contributed by atoms with E-state index in [1.807, 2.05) is 12.3 Å². The molecule has 0 bridgehead atoms. The zero-order chi connectivity index (χ0) is 14.8. The van der Waals surface area contributed by atoms with Crippen LogP contribution in [0, 0.1) is 0 Å². The summed E-state index contributed by atoms with van der Waals surface area (Å²) in [6.45, 7) is 0. The number of benzene rings is 2. The summed E-state index contributed by atoms with van der Waals surface area (Å²) in [5.74, 6) is 0. The Morgan fingerprint density at radius 3 is 2.59 bits per heavy atom. The maximum absolute atomic E-state index is 4.55. The number of hydrogen-bond donors (Lipinski definition) is 1. The van der Waals surface area contributed by atoms with Gasteiger partial charge in [-0.05, 0) is 17.7 Å². The molecule has 2 aromatic heterocycles. The van der Waals surface area contributed by atoms with Crippen LogP contribution in [0.25, 0.3) is 27.9 Å². The Balaban J connectivity index is 1.71. The van der Waals surface area contributed by atoms with Gasteiger partial charge >= 0.3 is 0 Å². The summed E-state index contributed by atoms with van der Waals surface area (Å²) in [5.41, 5.74) is 4.60. The zero-order valence-corrected chi connectivity index (χ0v) is 12.2. The molecule has 0 unspecified atom stereocenters. The van der Waals surface area contributed by atoms with E-state index in [0.29, 0.717) is 0 Å². The molecule has 2 heterocycles. The smallest absolute Gasteiger partial charge is 0.0687 e. The van der Waals surface area contributed by atoms with Gasteiger partial charge in [0, 0.05) is 28.9 Å². The number of hydrogen-bond acceptors (Lipinski definition) is 1. The molecule has 2 nitrogen and oxygen atoms in total. The number of allylic oxidation sites excluding steroid dienone is 1. The van der Waals surface area contributed by atoms with E-state index < -0.39 is 0 Å². The molecule has 0 aliphatic heterocycles. The molecule has 4 aromatic rings. The predicted octanol–water partition coefficient (Wildman–Crippen LogP) is 4.97. The molecule has 0 saturated heterocycles. The number of aromatic amines is 1. The molecule has 1 N–H and O–H groups in total. The summed E-state index contributed by atoms with van der Waals surface area (Å²) in [4.78, 5) is 8.05. The van der Waals surface area contributed by atoms with E-state index in [9.17, 15) is 0 Å². The lowest BCUT2D eigenvalue weighted by molar-refractivity contribution is 1.13. The van der Waals surface area contributed by atoms with Crippen LogP contribution in [0.5, 0.6) is 0 Å². The van der Waals surface area contributed by atoms with Crippen LogP contribution in [0.3, 0.4) is 0 Å². The zero-order valence-electron chi connectivity index (χ0n) is 12.2. The van der Waals surface area contributed by atoms with Crippen molar-refractivity contribution in [3.8, 4) is 0 Å². The standard InChI is InChI=1S/C20H16N2/c1-2-7-15(8-3-1)9-6-12-19-20-17(13-14-21-19)16-10-4-5-11-18(16)22-20/h1-11,13-14,22H,12H2. The molecule has 2 aromatic carbocycles. The fraction of sp³-hybridized carbons (Fsp3) is 0.0500. The number of aromatic nitrogens is 2. The Morgan fingerprint density at radius 2 is 1.68 bits per heavy atom. The van der Waals surface area contributed by atoms with E-state index >= 15 is 0 Å². The number of pyridine rings is 1. The summed E-state index contributed by atoms with van der Waals surface area (Å²) < 4.78 is 0. The van der Waals surface area contributed by atoms with Crippen molar-refractivity contribution in [2.24, 2.45) is 0 Å². The van der Waals surface area contributed by atoms with Gasteiger partial charge in [-0.25, -0.2) is 0 Å². The van der Waals surface area contributed by atoms with Crippen LogP contribution >= 0.6 is 0 Å². The molecule has 106 valence electrons. The van der Waals surface area contributed by atoms with Crippen molar-refractivity contribution in [3.63, 3.8) is 0 Å². The van der Waals surface area contributed by atoms with Gasteiger partial charge < -0.3 is 4.98 Å². The molecule has 0 atom stereocenters. The fourth-order valence-electron chi connectivity index (χ4n) is 2.86. The third kappa shape index (κ3) is 2.29. The first-order valence-corrected chi connectivity index (χ1v) is 7.48. The Kier molecular flexibility index (Phi) is 3.20. The maximum Gasteiger partial charge on any atom is 0.0687 e. The van der Waals surface area contributed by atoms with E-state index in [0.717, 1.165) is 17.6 Å². The number of nitrogens with one attached hydrogen (secondary N) is 1. The van der Waals surface area contributed by atoms with Gasteiger partial charge in [-0.3, -0.25) is 4.98 Å². The second-order valence-corrected chi connectivity index (χ2v) is 5.37. The van der Waals surface area contributed by atoms with Crippen molar-refractivity contribution >= 4 is 27.9 Å². The fourth-order valence-corrected chi connectivity index (χ4v) is 2.86. The molecule has 22 heavy (non-hydrogen) atoms. The molecule has 0 radical (unpaired) electrons. The molecule has 4 rings (SSSR count). The van der Waals surface area contributed by atoms with Crippen molar-refractivity contribution in [2.75, 3.05) is 0 Å². The molecular weight excluding hydrogens is 268 g/mol. The van der Waals surface area contributed by atoms with Crippen LogP contribution < -0.4 is 0 Å². The van der Waals surface area contributed by atoms with Crippen molar-refractivity contribution in [1.82, 2.24) is 9.97 Å². The van der Waals surface area contributed by atoms with E-state index in [1.165, 1.54) is 21.9 Å². The highest BCUT2D eigenvalue weighted by Gasteiger charge is 2.07. The minimum Gasteiger partial charge on any atom is -0.353 e. The average molecular weight is 284 g/mol. The SMILES string of the molecule is C(=Cc1ccccc1)Cc1nccc2c1[nH]c1ccccc12. The minimum absolute atomic E-state index is 0.819. The number of para-hydroxylation sites is 1. The van der Waals surface area contributed by atoms with Crippen LogP contribution in [-0.2, 0) is 6.42 Å². The van der Waals surface area contributed by atoms with Gasteiger partial charge in [-0.15, -0.1) is 0 Å². The predicted molar refractivity (Wildman–Crippen MR) is 92.8 cm³/mol. The van der Waals surface area contributed by atoms with Gasteiger partial charge in [0.15, 0.2) is 0 Å². The molecule has 0 aliphatic rings. The first kappa shape index (κ1) is 12.8. The van der Waals surface area contributed by atoms with Gasteiger partial charge in [-0.1, -0.05) is 60.7 Å². The molecule has 0 aliphatic carbocycles. The Bertz CT molecular complexity index is 949. The highest BCUT2D eigenvalue weighted by molar-refractivity contribution is 6.07. The van der Waals surface area contributed by atoms with E-state index in [4.69, 9.17) is 0 Å². The Hall–Kier alpha value is -2.87. The normalized spacial score (nSPS) is 11.6. The summed E-state index contributed by atoms with van der Waals surface area (Å²) in [7, 11) is 0. The average Bonchev–Trinajstić information content (AvgIpc) is 2.96. The summed E-state index contributed by atoms with van der Waals surface area (Å²) >= 11 is 0. The first-order valence-electron chi connectivity index (χ1n) is 7.48. The lowest BCUT2D eigenvalue weighted by atomic mass is 10.1. The quantitative estimate of drug-likeness (QED) is 0.565. The van der Waals surface area contributed by atoms with Gasteiger partial charge in [0.05, 0.1) is 11.2 Å². The lowest BCUT2D eigenvalue weighted by Crippen LogP contribution is -1.88. The van der Waals surface area contributed by atoms with Gasteiger partial charge in [0.2, 0.25) is 0 Å². The molecular formula is C20H16N2. The summed E-state index contributed by atoms with van der Waals surface area (Å²) in [6.07, 6.45) is 7.03. The van der Waals surface area contributed by atoms with Gasteiger partial charge in [0.1, 0.15) is 0 Å². The number of fused-ring (bicyclic) bond motifs is 3. The molecule has 0 spiro atoms. The maximum atomic E-state index is 4.55.